The monoisotopic (exact) mass is 341 g/mol. The highest BCUT2D eigenvalue weighted by molar-refractivity contribution is 5.83. The number of benzene rings is 1. The number of hydrogen-bond acceptors (Lipinski definition) is 4. The Morgan fingerprint density at radius 1 is 1.08 bits per heavy atom. The standard InChI is InChI=1S/C19H23N3O3/c23-18(21-11-7-16(8-12-21)19-24-13-14-25-19)17(22-10-4-9-20-22)15-5-2-1-3-6-15/h1-6,9-10,16-17,19H,7-8,11-14H2. The molecule has 0 aliphatic carbocycles. The van der Waals surface area contributed by atoms with Gasteiger partial charge in [-0.25, -0.2) is 0 Å². The van der Waals surface area contributed by atoms with Gasteiger partial charge in [0.2, 0.25) is 0 Å². The molecule has 1 unspecified atom stereocenters. The summed E-state index contributed by atoms with van der Waals surface area (Å²) in [5.41, 5.74) is 0.959. The number of likely N-dealkylation sites (tertiary alicyclic amines) is 1. The van der Waals surface area contributed by atoms with E-state index in [0.717, 1.165) is 31.5 Å². The molecule has 6 nitrogen and oxygen atoms in total. The van der Waals surface area contributed by atoms with Crippen LogP contribution in [0.1, 0.15) is 24.4 Å². The third-order valence-electron chi connectivity index (χ3n) is 5.02. The van der Waals surface area contributed by atoms with Gasteiger partial charge in [-0.3, -0.25) is 9.48 Å². The van der Waals surface area contributed by atoms with Gasteiger partial charge in [-0.1, -0.05) is 30.3 Å². The van der Waals surface area contributed by atoms with Gasteiger partial charge in [0, 0.05) is 31.4 Å². The second-order valence-electron chi connectivity index (χ2n) is 6.57. The van der Waals surface area contributed by atoms with Gasteiger partial charge in [0.25, 0.3) is 5.91 Å². The molecule has 0 bridgehead atoms. The summed E-state index contributed by atoms with van der Waals surface area (Å²) in [5, 5.41) is 4.32. The Kier molecular flexibility index (Phi) is 4.81. The SMILES string of the molecule is O=C(C(c1ccccc1)n1cccn1)N1CCC(C2OCCO2)CC1. The fourth-order valence-corrected chi connectivity index (χ4v) is 3.69. The summed E-state index contributed by atoms with van der Waals surface area (Å²) in [6.07, 6.45) is 5.30. The maximum Gasteiger partial charge on any atom is 0.252 e. The lowest BCUT2D eigenvalue weighted by atomic mass is 9.95. The quantitative estimate of drug-likeness (QED) is 0.854. The van der Waals surface area contributed by atoms with Crippen LogP contribution in [0.4, 0.5) is 0 Å². The number of carbonyl (C=O) groups is 1. The van der Waals surface area contributed by atoms with E-state index in [1.807, 2.05) is 47.5 Å². The van der Waals surface area contributed by atoms with Gasteiger partial charge in [0.1, 0.15) is 0 Å². The first-order chi connectivity index (χ1) is 12.3. The van der Waals surface area contributed by atoms with E-state index >= 15 is 0 Å². The summed E-state index contributed by atoms with van der Waals surface area (Å²) >= 11 is 0. The molecule has 6 heteroatoms. The van der Waals surface area contributed by atoms with E-state index in [9.17, 15) is 4.79 Å². The molecule has 0 N–H and O–H groups in total. The second-order valence-corrected chi connectivity index (χ2v) is 6.57. The average Bonchev–Trinajstić information content (AvgIpc) is 3.37. The van der Waals surface area contributed by atoms with Gasteiger partial charge in [-0.15, -0.1) is 0 Å². The molecule has 1 amide bonds. The van der Waals surface area contributed by atoms with Crippen molar-refractivity contribution < 1.29 is 14.3 Å². The first-order valence-corrected chi connectivity index (χ1v) is 8.89. The van der Waals surface area contributed by atoms with E-state index in [1.54, 1.807) is 10.9 Å². The van der Waals surface area contributed by atoms with Crippen LogP contribution in [0.5, 0.6) is 0 Å². The smallest absolute Gasteiger partial charge is 0.252 e. The Bertz CT molecular complexity index is 675. The average molecular weight is 341 g/mol. The number of amides is 1. The highest BCUT2D eigenvalue weighted by Crippen LogP contribution is 2.28. The summed E-state index contributed by atoms with van der Waals surface area (Å²) < 4.78 is 13.0. The zero-order valence-electron chi connectivity index (χ0n) is 14.2. The van der Waals surface area contributed by atoms with Crippen molar-refractivity contribution in [2.24, 2.45) is 5.92 Å². The Labute approximate surface area is 147 Å². The second kappa shape index (κ2) is 7.37. The lowest BCUT2D eigenvalue weighted by Gasteiger charge is -2.35. The predicted octanol–water partition coefficient (Wildman–Crippen LogP) is 2.08. The molecule has 132 valence electrons. The molecular weight excluding hydrogens is 318 g/mol. The molecule has 2 aromatic rings. The number of carbonyl (C=O) groups excluding carboxylic acids is 1. The third-order valence-corrected chi connectivity index (χ3v) is 5.02. The summed E-state index contributed by atoms with van der Waals surface area (Å²) in [6, 6.07) is 11.3. The van der Waals surface area contributed by atoms with Crippen LogP contribution in [0, 0.1) is 5.92 Å². The van der Waals surface area contributed by atoms with E-state index in [1.165, 1.54) is 0 Å². The van der Waals surface area contributed by atoms with E-state index in [-0.39, 0.29) is 12.2 Å². The van der Waals surface area contributed by atoms with Gasteiger partial charge in [0.05, 0.1) is 13.2 Å². The van der Waals surface area contributed by atoms with Gasteiger partial charge < -0.3 is 14.4 Å². The zero-order chi connectivity index (χ0) is 17.1. The Hall–Kier alpha value is -2.18. The molecular formula is C19H23N3O3. The van der Waals surface area contributed by atoms with Crippen LogP contribution >= 0.6 is 0 Å². The molecule has 3 heterocycles. The predicted molar refractivity (Wildman–Crippen MR) is 91.8 cm³/mol. The molecule has 1 aromatic carbocycles. The highest BCUT2D eigenvalue weighted by Gasteiger charge is 2.34. The number of hydrogen-bond donors (Lipinski definition) is 0. The summed E-state index contributed by atoms with van der Waals surface area (Å²) in [6.45, 7) is 2.83. The van der Waals surface area contributed by atoms with Crippen LogP contribution in [0.25, 0.3) is 0 Å². The van der Waals surface area contributed by atoms with E-state index in [2.05, 4.69) is 5.10 Å². The van der Waals surface area contributed by atoms with Gasteiger partial charge in [-0.05, 0) is 24.5 Å². The first-order valence-electron chi connectivity index (χ1n) is 8.89. The van der Waals surface area contributed by atoms with E-state index in [4.69, 9.17) is 9.47 Å². The lowest BCUT2D eigenvalue weighted by Crippen LogP contribution is -2.44. The van der Waals surface area contributed by atoms with Gasteiger partial charge in [-0.2, -0.15) is 5.10 Å². The molecule has 0 radical (unpaired) electrons. The summed E-state index contributed by atoms with van der Waals surface area (Å²) in [7, 11) is 0. The summed E-state index contributed by atoms with van der Waals surface area (Å²) in [5.74, 6) is 0.480. The highest BCUT2D eigenvalue weighted by atomic mass is 16.7. The number of piperidine rings is 1. The molecule has 0 saturated carbocycles. The van der Waals surface area contributed by atoms with Crippen LogP contribution in [-0.4, -0.2) is 53.2 Å². The number of rotatable bonds is 4. The minimum atomic E-state index is -0.410. The van der Waals surface area contributed by atoms with Crippen molar-refractivity contribution in [3.05, 3.63) is 54.4 Å². The fourth-order valence-electron chi connectivity index (χ4n) is 3.69. The Morgan fingerprint density at radius 3 is 2.44 bits per heavy atom. The van der Waals surface area contributed by atoms with E-state index in [0.29, 0.717) is 19.1 Å². The van der Waals surface area contributed by atoms with Crippen LogP contribution in [-0.2, 0) is 14.3 Å². The molecule has 1 atom stereocenters. The van der Waals surface area contributed by atoms with Crippen LogP contribution in [0.15, 0.2) is 48.8 Å². The number of ether oxygens (including phenoxy) is 2. The maximum atomic E-state index is 13.2. The molecule has 1 aromatic heterocycles. The van der Waals surface area contributed by atoms with Gasteiger partial charge >= 0.3 is 0 Å². The van der Waals surface area contributed by atoms with Crippen LogP contribution in [0.3, 0.4) is 0 Å². The number of aromatic nitrogens is 2. The third kappa shape index (κ3) is 3.45. The van der Waals surface area contributed by atoms with Crippen molar-refractivity contribution in [1.82, 2.24) is 14.7 Å². The van der Waals surface area contributed by atoms with Crippen molar-refractivity contribution in [2.45, 2.75) is 25.2 Å². The van der Waals surface area contributed by atoms with Crippen molar-refractivity contribution >= 4 is 5.91 Å². The largest absolute Gasteiger partial charge is 0.350 e. The molecule has 2 aliphatic heterocycles. The van der Waals surface area contributed by atoms with Crippen molar-refractivity contribution in [3.8, 4) is 0 Å². The maximum absolute atomic E-state index is 13.2. The topological polar surface area (TPSA) is 56.6 Å². The zero-order valence-corrected chi connectivity index (χ0v) is 14.2. The first kappa shape index (κ1) is 16.3. The Balaban J connectivity index is 1.48. The Morgan fingerprint density at radius 2 is 1.80 bits per heavy atom. The summed E-state index contributed by atoms with van der Waals surface area (Å²) in [4.78, 5) is 15.2. The van der Waals surface area contributed by atoms with E-state index < -0.39 is 6.04 Å². The number of nitrogens with zero attached hydrogens (tertiary/aromatic N) is 3. The molecule has 2 fully saturated rings. The normalized spacial score (nSPS) is 20.7. The minimum Gasteiger partial charge on any atom is -0.350 e. The lowest BCUT2D eigenvalue weighted by molar-refractivity contribution is -0.139. The molecule has 4 rings (SSSR count). The van der Waals surface area contributed by atoms with Gasteiger partial charge in [0.15, 0.2) is 12.3 Å². The van der Waals surface area contributed by atoms with Crippen molar-refractivity contribution in [3.63, 3.8) is 0 Å². The minimum absolute atomic E-state index is 0.0895. The van der Waals surface area contributed by atoms with Crippen molar-refractivity contribution in [2.75, 3.05) is 26.3 Å². The molecule has 2 saturated heterocycles. The molecule has 0 spiro atoms. The molecule has 2 aliphatic rings. The van der Waals surface area contributed by atoms with Crippen LogP contribution in [0.2, 0.25) is 0 Å². The van der Waals surface area contributed by atoms with Crippen molar-refractivity contribution in [1.29, 1.82) is 0 Å². The molecule has 25 heavy (non-hydrogen) atoms. The van der Waals surface area contributed by atoms with Crippen LogP contribution < -0.4 is 0 Å². The fraction of sp³-hybridized carbons (Fsp3) is 0.474.